The summed E-state index contributed by atoms with van der Waals surface area (Å²) < 4.78 is 4.87. The van der Waals surface area contributed by atoms with Crippen molar-refractivity contribution < 1.29 is 19.7 Å². The van der Waals surface area contributed by atoms with Crippen LogP contribution >= 0.6 is 0 Å². The molecule has 0 aliphatic carbocycles. The third-order valence-corrected chi connectivity index (χ3v) is 2.04. The van der Waals surface area contributed by atoms with Crippen LogP contribution < -0.4 is 4.74 Å². The summed E-state index contributed by atoms with van der Waals surface area (Å²) in [5.41, 5.74) is 0.0234. The van der Waals surface area contributed by atoms with E-state index in [1.165, 1.54) is 6.92 Å². The van der Waals surface area contributed by atoms with E-state index in [0.29, 0.717) is 5.75 Å². The van der Waals surface area contributed by atoms with Crippen LogP contribution in [0, 0.1) is 0 Å². The smallest absolute Gasteiger partial charge is 0.308 e. The van der Waals surface area contributed by atoms with E-state index in [4.69, 9.17) is 9.99 Å². The van der Waals surface area contributed by atoms with Crippen LogP contribution in [0.3, 0.4) is 0 Å². The van der Waals surface area contributed by atoms with E-state index in [0.717, 1.165) is 5.56 Å². The second-order valence-electron chi connectivity index (χ2n) is 3.72. The molecule has 0 saturated carbocycles. The molecule has 0 unspecified atom stereocenters. The van der Waals surface area contributed by atoms with Gasteiger partial charge in [-0.2, -0.15) is 0 Å². The SMILES string of the molecule is CC(=O)Oc1ccc(C(C)(C)OO)cc1. The predicted octanol–water partition coefficient (Wildman–Crippen LogP) is 2.34. The minimum atomic E-state index is -0.769. The molecule has 0 aliphatic heterocycles. The minimum absolute atomic E-state index is 0.361. The first-order chi connectivity index (χ1) is 6.95. The highest BCUT2D eigenvalue weighted by Gasteiger charge is 2.21. The largest absolute Gasteiger partial charge is 0.427 e. The molecule has 0 spiro atoms. The van der Waals surface area contributed by atoms with Gasteiger partial charge in [-0.1, -0.05) is 12.1 Å². The maximum Gasteiger partial charge on any atom is 0.308 e. The number of hydrogen-bond acceptors (Lipinski definition) is 4. The summed E-state index contributed by atoms with van der Waals surface area (Å²) in [5.74, 6) is 0.111. The molecule has 0 aromatic heterocycles. The molecular formula is C11H14O4. The van der Waals surface area contributed by atoms with Gasteiger partial charge in [0.2, 0.25) is 0 Å². The first kappa shape index (κ1) is 11.7. The Morgan fingerprint density at radius 1 is 1.27 bits per heavy atom. The fourth-order valence-corrected chi connectivity index (χ4v) is 1.14. The average molecular weight is 210 g/mol. The van der Waals surface area contributed by atoms with Gasteiger partial charge in [0.15, 0.2) is 0 Å². The molecule has 0 aliphatic rings. The lowest BCUT2D eigenvalue weighted by Crippen LogP contribution is -2.19. The first-order valence-electron chi connectivity index (χ1n) is 4.57. The topological polar surface area (TPSA) is 55.8 Å². The molecule has 82 valence electrons. The fraction of sp³-hybridized carbons (Fsp3) is 0.364. The number of carbonyl (C=O) groups excluding carboxylic acids is 1. The number of hydrogen-bond donors (Lipinski definition) is 1. The van der Waals surface area contributed by atoms with Crippen molar-refractivity contribution in [3.63, 3.8) is 0 Å². The van der Waals surface area contributed by atoms with Crippen molar-refractivity contribution in [2.45, 2.75) is 26.4 Å². The zero-order valence-electron chi connectivity index (χ0n) is 8.98. The fourth-order valence-electron chi connectivity index (χ4n) is 1.14. The zero-order valence-corrected chi connectivity index (χ0v) is 8.98. The standard InChI is InChI=1S/C11H14O4/c1-8(12)14-10-6-4-9(5-7-10)11(2,3)15-13/h4-7,13H,1-3H3. The monoisotopic (exact) mass is 210 g/mol. The maximum atomic E-state index is 10.7. The lowest BCUT2D eigenvalue weighted by atomic mass is 9.98. The second kappa shape index (κ2) is 4.42. The summed E-state index contributed by atoms with van der Waals surface area (Å²) >= 11 is 0. The molecule has 0 atom stereocenters. The quantitative estimate of drug-likeness (QED) is 0.360. The van der Waals surface area contributed by atoms with Crippen molar-refractivity contribution >= 4 is 5.97 Å². The molecule has 4 heteroatoms. The van der Waals surface area contributed by atoms with Crippen LogP contribution in [0.4, 0.5) is 0 Å². The van der Waals surface area contributed by atoms with Crippen LogP contribution in [0.5, 0.6) is 5.75 Å². The minimum Gasteiger partial charge on any atom is -0.427 e. The van der Waals surface area contributed by atoms with Gasteiger partial charge in [-0.05, 0) is 31.5 Å². The third kappa shape index (κ3) is 3.04. The average Bonchev–Trinajstić information content (AvgIpc) is 2.18. The lowest BCUT2D eigenvalue weighted by molar-refractivity contribution is -0.318. The van der Waals surface area contributed by atoms with E-state index in [2.05, 4.69) is 4.89 Å². The zero-order chi connectivity index (χ0) is 11.5. The van der Waals surface area contributed by atoms with Gasteiger partial charge in [-0.25, -0.2) is 4.89 Å². The summed E-state index contributed by atoms with van der Waals surface area (Å²) in [5, 5.41) is 8.68. The Balaban J connectivity index is 2.85. The van der Waals surface area contributed by atoms with Crippen LogP contribution in [0.2, 0.25) is 0 Å². The molecule has 0 fully saturated rings. The molecule has 15 heavy (non-hydrogen) atoms. The van der Waals surface area contributed by atoms with E-state index in [9.17, 15) is 4.79 Å². The van der Waals surface area contributed by atoms with Crippen molar-refractivity contribution in [3.05, 3.63) is 29.8 Å². The summed E-state index contributed by atoms with van der Waals surface area (Å²) in [6.07, 6.45) is 0. The van der Waals surface area contributed by atoms with Gasteiger partial charge in [0.25, 0.3) is 0 Å². The number of benzene rings is 1. The van der Waals surface area contributed by atoms with Crippen LogP contribution in [0.1, 0.15) is 26.3 Å². The molecule has 1 rings (SSSR count). The van der Waals surface area contributed by atoms with Gasteiger partial charge in [-0.3, -0.25) is 10.1 Å². The first-order valence-corrected chi connectivity index (χ1v) is 4.57. The van der Waals surface area contributed by atoms with E-state index >= 15 is 0 Å². The summed E-state index contributed by atoms with van der Waals surface area (Å²) in [7, 11) is 0. The van der Waals surface area contributed by atoms with Crippen molar-refractivity contribution in [1.82, 2.24) is 0 Å². The van der Waals surface area contributed by atoms with Gasteiger partial charge in [0.1, 0.15) is 11.4 Å². The molecular weight excluding hydrogens is 196 g/mol. The van der Waals surface area contributed by atoms with Crippen LogP contribution in [-0.4, -0.2) is 11.2 Å². The summed E-state index contributed by atoms with van der Waals surface area (Å²) in [6.45, 7) is 4.80. The number of esters is 1. The van der Waals surface area contributed by atoms with Gasteiger partial charge in [0, 0.05) is 6.92 Å². The van der Waals surface area contributed by atoms with Gasteiger partial charge in [-0.15, -0.1) is 0 Å². The molecule has 1 N–H and O–H groups in total. The highest BCUT2D eigenvalue weighted by molar-refractivity contribution is 5.69. The second-order valence-corrected chi connectivity index (χ2v) is 3.72. The molecule has 0 heterocycles. The normalized spacial score (nSPS) is 11.2. The number of carbonyl (C=O) groups is 1. The molecule has 1 aromatic rings. The highest BCUT2D eigenvalue weighted by atomic mass is 17.1. The third-order valence-electron chi connectivity index (χ3n) is 2.04. The molecule has 0 amide bonds. The van der Waals surface area contributed by atoms with Gasteiger partial charge >= 0.3 is 5.97 Å². The van der Waals surface area contributed by atoms with E-state index < -0.39 is 5.60 Å². The van der Waals surface area contributed by atoms with Gasteiger partial charge in [0.05, 0.1) is 0 Å². The molecule has 4 nitrogen and oxygen atoms in total. The van der Waals surface area contributed by atoms with E-state index in [1.54, 1.807) is 38.1 Å². The van der Waals surface area contributed by atoms with Crippen LogP contribution in [-0.2, 0) is 15.3 Å². The number of ether oxygens (including phenoxy) is 1. The van der Waals surface area contributed by atoms with Crippen molar-refractivity contribution in [2.75, 3.05) is 0 Å². The molecule has 0 bridgehead atoms. The van der Waals surface area contributed by atoms with Gasteiger partial charge < -0.3 is 4.74 Å². The van der Waals surface area contributed by atoms with E-state index in [-0.39, 0.29) is 5.97 Å². The Labute approximate surface area is 88.4 Å². The Morgan fingerprint density at radius 3 is 2.20 bits per heavy atom. The maximum absolute atomic E-state index is 10.7. The Bertz CT molecular complexity index is 340. The predicted molar refractivity (Wildman–Crippen MR) is 54.5 cm³/mol. The lowest BCUT2D eigenvalue weighted by Gasteiger charge is -2.20. The number of rotatable bonds is 3. The van der Waals surface area contributed by atoms with Crippen molar-refractivity contribution in [3.8, 4) is 5.75 Å². The van der Waals surface area contributed by atoms with Crippen molar-refractivity contribution in [1.29, 1.82) is 0 Å². The Hall–Kier alpha value is -1.39. The molecule has 1 aromatic carbocycles. The van der Waals surface area contributed by atoms with Crippen molar-refractivity contribution in [2.24, 2.45) is 0 Å². The van der Waals surface area contributed by atoms with E-state index in [1.807, 2.05) is 0 Å². The Kier molecular flexibility index (Phi) is 3.44. The summed E-state index contributed by atoms with van der Waals surface area (Å²) in [6, 6.07) is 6.76. The Morgan fingerprint density at radius 2 is 1.80 bits per heavy atom. The highest BCUT2D eigenvalue weighted by Crippen LogP contribution is 2.25. The summed E-state index contributed by atoms with van der Waals surface area (Å²) in [4.78, 5) is 15.0. The molecule has 0 radical (unpaired) electrons. The molecule has 0 saturated heterocycles. The van der Waals surface area contributed by atoms with Crippen LogP contribution in [0.25, 0.3) is 0 Å². The van der Waals surface area contributed by atoms with Crippen LogP contribution in [0.15, 0.2) is 24.3 Å².